The van der Waals surface area contributed by atoms with Crippen LogP contribution in [-0.2, 0) is 19.1 Å². The third-order valence-electron chi connectivity index (χ3n) is 3.61. The first kappa shape index (κ1) is 16.3. The van der Waals surface area contributed by atoms with E-state index in [1.807, 2.05) is 0 Å². The van der Waals surface area contributed by atoms with Crippen LogP contribution in [0, 0.1) is 10.8 Å². The molecule has 2 amide bonds. The van der Waals surface area contributed by atoms with Crippen molar-refractivity contribution in [3.63, 3.8) is 0 Å². The molecular formula is C13H8Cl2N4O5. The van der Waals surface area contributed by atoms with E-state index in [2.05, 4.69) is 15.1 Å². The summed E-state index contributed by atoms with van der Waals surface area (Å²) in [4.78, 5) is 48.7. The Morgan fingerprint density at radius 1 is 1.21 bits per heavy atom. The average Bonchev–Trinajstić information content (AvgIpc) is 3.03. The molecule has 0 N–H and O–H groups in total. The van der Waals surface area contributed by atoms with E-state index < -0.39 is 29.7 Å². The number of halogens is 2. The van der Waals surface area contributed by atoms with Crippen molar-refractivity contribution in [3.8, 4) is 0 Å². The van der Waals surface area contributed by atoms with Gasteiger partial charge < -0.3 is 4.74 Å². The Balaban J connectivity index is 2.07. The summed E-state index contributed by atoms with van der Waals surface area (Å²) in [6.07, 6.45) is 0. The Bertz CT molecular complexity index is 791. The number of rotatable bonds is 3. The molecule has 0 unspecified atom stereocenters. The number of carbonyl (C=O) groups is 3. The zero-order valence-corrected chi connectivity index (χ0v) is 13.5. The third kappa shape index (κ3) is 2.33. The second-order valence-electron chi connectivity index (χ2n) is 4.94. The van der Waals surface area contributed by atoms with E-state index in [1.54, 1.807) is 0 Å². The highest BCUT2D eigenvalue weighted by Gasteiger charge is 2.59. The molecule has 9 nitrogen and oxygen atoms in total. The molecule has 2 aliphatic rings. The molecule has 1 aromatic carbocycles. The predicted molar refractivity (Wildman–Crippen MR) is 83.3 cm³/mol. The van der Waals surface area contributed by atoms with Crippen LogP contribution in [0.5, 0.6) is 0 Å². The maximum Gasteiger partial charge on any atom is 0.355 e. The van der Waals surface area contributed by atoms with Crippen LogP contribution in [0.1, 0.15) is 0 Å². The van der Waals surface area contributed by atoms with Crippen LogP contribution in [0.25, 0.3) is 0 Å². The van der Waals surface area contributed by atoms with E-state index in [0.29, 0.717) is 5.12 Å². The van der Waals surface area contributed by atoms with Crippen molar-refractivity contribution in [2.24, 2.45) is 16.3 Å². The number of nitroso groups, excluding NO2 is 1. The van der Waals surface area contributed by atoms with Gasteiger partial charge in [0.1, 0.15) is 5.92 Å². The van der Waals surface area contributed by atoms with Crippen LogP contribution < -0.4 is 4.90 Å². The van der Waals surface area contributed by atoms with Crippen molar-refractivity contribution in [1.82, 2.24) is 5.12 Å². The van der Waals surface area contributed by atoms with Crippen LogP contribution in [-0.4, -0.2) is 41.8 Å². The van der Waals surface area contributed by atoms with Gasteiger partial charge >= 0.3 is 5.97 Å². The number of methoxy groups -OCH3 is 1. The number of amides is 2. The first-order valence-electron chi connectivity index (χ1n) is 6.52. The average molecular weight is 371 g/mol. The molecule has 124 valence electrons. The molecule has 2 atom stereocenters. The van der Waals surface area contributed by atoms with Crippen molar-refractivity contribution in [2.75, 3.05) is 12.0 Å². The molecule has 1 saturated heterocycles. The molecule has 0 saturated carbocycles. The number of imide groups is 1. The molecule has 0 bridgehead atoms. The summed E-state index contributed by atoms with van der Waals surface area (Å²) in [7, 11) is 1.09. The highest BCUT2D eigenvalue weighted by molar-refractivity contribution is 6.46. The second kappa shape index (κ2) is 5.84. The van der Waals surface area contributed by atoms with Crippen molar-refractivity contribution < 1.29 is 19.1 Å². The monoisotopic (exact) mass is 370 g/mol. The van der Waals surface area contributed by atoms with Gasteiger partial charge in [-0.3, -0.25) is 9.59 Å². The second-order valence-corrected chi connectivity index (χ2v) is 5.81. The Hall–Kier alpha value is -2.52. The lowest BCUT2D eigenvalue weighted by Gasteiger charge is -2.17. The van der Waals surface area contributed by atoms with Gasteiger partial charge in [0.25, 0.3) is 5.91 Å². The van der Waals surface area contributed by atoms with Crippen molar-refractivity contribution in [1.29, 1.82) is 0 Å². The van der Waals surface area contributed by atoms with Gasteiger partial charge in [-0.05, 0) is 18.2 Å². The molecule has 0 spiro atoms. The number of hydrogen-bond acceptors (Lipinski definition) is 7. The van der Waals surface area contributed by atoms with E-state index in [9.17, 15) is 19.3 Å². The molecule has 1 aromatic rings. The molecular weight excluding hydrogens is 363 g/mol. The van der Waals surface area contributed by atoms with Gasteiger partial charge in [-0.25, -0.2) is 9.69 Å². The van der Waals surface area contributed by atoms with E-state index in [1.165, 1.54) is 18.2 Å². The number of nitrogens with zero attached hydrogens (tertiary/aromatic N) is 4. The summed E-state index contributed by atoms with van der Waals surface area (Å²) < 4.78 is 4.53. The SMILES string of the molecule is COC(=O)C1=NN(N=O)[C@@H]2C(=O)N(c3cc(Cl)cc(Cl)c3)C(=O)[C@H]12. The topological polar surface area (TPSA) is 109 Å². The Morgan fingerprint density at radius 3 is 2.38 bits per heavy atom. The minimum Gasteiger partial charge on any atom is -0.464 e. The number of carbonyl (C=O) groups excluding carboxylic acids is 3. The van der Waals surface area contributed by atoms with Gasteiger partial charge in [0.2, 0.25) is 5.91 Å². The fraction of sp³-hybridized carbons (Fsp3) is 0.231. The first-order chi connectivity index (χ1) is 11.4. The zero-order valence-electron chi connectivity index (χ0n) is 12.0. The Kier molecular flexibility index (Phi) is 3.98. The van der Waals surface area contributed by atoms with Gasteiger partial charge in [-0.1, -0.05) is 23.2 Å². The lowest BCUT2D eigenvalue weighted by atomic mass is 9.98. The third-order valence-corrected chi connectivity index (χ3v) is 4.05. The fourth-order valence-electron chi connectivity index (χ4n) is 2.66. The zero-order chi connectivity index (χ0) is 17.6. The van der Waals surface area contributed by atoms with E-state index in [0.717, 1.165) is 12.0 Å². The fourth-order valence-corrected chi connectivity index (χ4v) is 3.17. The maximum atomic E-state index is 12.7. The van der Waals surface area contributed by atoms with Crippen molar-refractivity contribution in [2.45, 2.75) is 6.04 Å². The molecule has 2 heterocycles. The number of anilines is 1. The molecule has 0 radical (unpaired) electrons. The summed E-state index contributed by atoms with van der Waals surface area (Å²) in [5, 5.41) is 7.09. The molecule has 0 aliphatic carbocycles. The predicted octanol–water partition coefficient (Wildman–Crippen LogP) is 1.38. The summed E-state index contributed by atoms with van der Waals surface area (Å²) in [6.45, 7) is 0. The van der Waals surface area contributed by atoms with Crippen LogP contribution in [0.15, 0.2) is 28.6 Å². The summed E-state index contributed by atoms with van der Waals surface area (Å²) in [5.74, 6) is -3.74. The van der Waals surface area contributed by atoms with Crippen molar-refractivity contribution in [3.05, 3.63) is 33.2 Å². The molecule has 3 rings (SSSR count). The molecule has 1 fully saturated rings. The van der Waals surface area contributed by atoms with Crippen LogP contribution in [0.2, 0.25) is 10.0 Å². The number of hydrogen-bond donors (Lipinski definition) is 0. The van der Waals surface area contributed by atoms with E-state index in [-0.39, 0.29) is 21.4 Å². The standard InChI is InChI=1S/C13H8Cl2N4O5/c1-24-13(22)9-8-10(19(16-9)17-23)12(21)18(11(8)20)7-3-5(14)2-6(15)4-7/h2-4,8,10H,1H3/t8-,10+/m1/s1. The van der Waals surface area contributed by atoms with Gasteiger partial charge in [0, 0.05) is 10.0 Å². The van der Waals surface area contributed by atoms with Gasteiger partial charge in [0.15, 0.2) is 11.8 Å². The molecule has 24 heavy (non-hydrogen) atoms. The van der Waals surface area contributed by atoms with Crippen LogP contribution in [0.3, 0.4) is 0 Å². The minimum absolute atomic E-state index is 0.118. The number of benzene rings is 1. The van der Waals surface area contributed by atoms with Crippen molar-refractivity contribution >= 4 is 52.4 Å². The summed E-state index contributed by atoms with van der Waals surface area (Å²) in [5.41, 5.74) is -0.247. The maximum absolute atomic E-state index is 12.7. The number of ether oxygens (including phenoxy) is 1. The smallest absolute Gasteiger partial charge is 0.355 e. The molecule has 2 aliphatic heterocycles. The number of esters is 1. The lowest BCUT2D eigenvalue weighted by molar-refractivity contribution is -0.133. The van der Waals surface area contributed by atoms with Gasteiger partial charge in [0.05, 0.1) is 18.1 Å². The summed E-state index contributed by atoms with van der Waals surface area (Å²) >= 11 is 11.8. The molecule has 11 heteroatoms. The highest BCUT2D eigenvalue weighted by atomic mass is 35.5. The van der Waals surface area contributed by atoms with E-state index in [4.69, 9.17) is 23.2 Å². The van der Waals surface area contributed by atoms with Crippen LogP contribution in [0.4, 0.5) is 5.69 Å². The number of fused-ring (bicyclic) bond motifs is 1. The quantitative estimate of drug-likeness (QED) is 0.451. The first-order valence-corrected chi connectivity index (χ1v) is 7.28. The normalized spacial score (nSPS) is 22.5. The Morgan fingerprint density at radius 2 is 1.83 bits per heavy atom. The molecule has 0 aromatic heterocycles. The van der Waals surface area contributed by atoms with Crippen LogP contribution >= 0.6 is 23.2 Å². The minimum atomic E-state index is -1.35. The van der Waals surface area contributed by atoms with Gasteiger partial charge in [-0.15, -0.1) is 15.1 Å². The number of hydrazone groups is 1. The van der Waals surface area contributed by atoms with Gasteiger partial charge in [-0.2, -0.15) is 0 Å². The summed E-state index contributed by atoms with van der Waals surface area (Å²) in [6, 6.07) is 2.80. The lowest BCUT2D eigenvalue weighted by Crippen LogP contribution is -2.36. The largest absolute Gasteiger partial charge is 0.464 e. The van der Waals surface area contributed by atoms with E-state index >= 15 is 0 Å². The Labute approximate surface area is 144 Å². The highest BCUT2D eigenvalue weighted by Crippen LogP contribution is 2.37.